The van der Waals surface area contributed by atoms with Crippen LogP contribution in [0.3, 0.4) is 0 Å². The second-order valence-electron chi connectivity index (χ2n) is 22.9. The maximum atomic E-state index is 8.58. The van der Waals surface area contributed by atoms with Crippen molar-refractivity contribution in [2.45, 2.75) is 10.8 Å². The fourth-order valence-electron chi connectivity index (χ4n) is 14.7. The molecular weight excluding hydrogens is 1230 g/mol. The summed E-state index contributed by atoms with van der Waals surface area (Å²) in [6.07, 6.45) is 0. The van der Waals surface area contributed by atoms with Gasteiger partial charge in [-0.3, -0.25) is 0 Å². The fraction of sp³-hybridized carbons (Fsp3) is 0.0250. The maximum Gasteiger partial charge on any atom is 0.488 e. The summed E-state index contributed by atoms with van der Waals surface area (Å²) in [6, 6.07) is 98.9. The van der Waals surface area contributed by atoms with Gasteiger partial charge in [0.05, 0.1) is 10.8 Å². The van der Waals surface area contributed by atoms with E-state index in [1.807, 2.05) is 30.3 Å². The molecule has 0 bridgehead atoms. The Bertz CT molecular complexity index is 5260. The van der Waals surface area contributed by atoms with E-state index in [2.05, 4.69) is 262 Å². The van der Waals surface area contributed by atoms with E-state index in [1.165, 1.54) is 55.6 Å². The van der Waals surface area contributed by atoms with Crippen LogP contribution < -0.4 is 14.9 Å². The highest BCUT2D eigenvalue weighted by atomic mass is 79.9. The first-order chi connectivity index (χ1) is 43.8. The van der Waals surface area contributed by atoms with Gasteiger partial charge < -0.3 is 28.4 Å². The Labute approximate surface area is 529 Å². The molecule has 2 aliphatic heterocycles. The monoisotopic (exact) mass is 1270 g/mol. The van der Waals surface area contributed by atoms with Gasteiger partial charge in [-0.05, 0) is 128 Å². The molecule has 0 atom stereocenters. The zero-order chi connectivity index (χ0) is 59.5. The number of furan rings is 2. The van der Waals surface area contributed by atoms with Crippen LogP contribution in [0, 0.1) is 0 Å². The van der Waals surface area contributed by atoms with Gasteiger partial charge in [-0.2, -0.15) is 0 Å². The van der Waals surface area contributed by atoms with Crippen molar-refractivity contribution >= 4 is 88.3 Å². The molecule has 9 heteroatoms. The van der Waals surface area contributed by atoms with Crippen molar-refractivity contribution in [3.63, 3.8) is 0 Å². The molecule has 2 N–H and O–H groups in total. The SMILES string of the molecule is Brc1ccc2c(c1)C1(c3ccccc3Oc3ccccc31)c1cc(Br)c3c(oc4ccccc43)c1-2.OB(O)c1ccccc1.c1ccc(-c2ccc3c(c2)C2(c4ccccc4Oc4ccccc42)c2cc(-c4ccccc4)c4c(oc5ccccc54)c2-3)cc1. The van der Waals surface area contributed by atoms with Crippen molar-refractivity contribution in [2.24, 2.45) is 0 Å². The predicted octanol–water partition coefficient (Wildman–Crippen LogP) is 20.3. The number of hydrogen-bond donors (Lipinski definition) is 2. The molecule has 13 aromatic carbocycles. The highest BCUT2D eigenvalue weighted by Gasteiger charge is 2.54. The summed E-state index contributed by atoms with van der Waals surface area (Å²) in [5.74, 6) is 3.52. The Kier molecular flexibility index (Phi) is 12.5. The molecule has 4 heterocycles. The van der Waals surface area contributed by atoms with E-state index in [1.54, 1.807) is 24.3 Å². The first kappa shape index (κ1) is 53.3. The Hall–Kier alpha value is -10.00. The quantitative estimate of drug-likeness (QED) is 0.172. The number of fused-ring (bicyclic) bond motifs is 26. The number of rotatable bonds is 3. The average molecular weight is 1280 g/mol. The zero-order valence-electron chi connectivity index (χ0n) is 47.5. The molecule has 19 rings (SSSR count). The van der Waals surface area contributed by atoms with E-state index < -0.39 is 17.9 Å². The number of hydrogen-bond acceptors (Lipinski definition) is 6. The first-order valence-electron chi connectivity index (χ1n) is 29.6. The lowest BCUT2D eigenvalue weighted by Gasteiger charge is -2.39. The van der Waals surface area contributed by atoms with Crippen LogP contribution in [-0.2, 0) is 10.8 Å². The van der Waals surface area contributed by atoms with Crippen molar-refractivity contribution in [2.75, 3.05) is 0 Å². The zero-order valence-corrected chi connectivity index (χ0v) is 50.7. The number of halogens is 2. The topological polar surface area (TPSA) is 85.2 Å². The minimum Gasteiger partial charge on any atom is -0.457 e. The van der Waals surface area contributed by atoms with Crippen molar-refractivity contribution in [1.29, 1.82) is 0 Å². The van der Waals surface area contributed by atoms with E-state index in [0.29, 0.717) is 5.46 Å². The Morgan fingerprint density at radius 2 is 0.730 bits per heavy atom. The summed E-state index contributed by atoms with van der Waals surface area (Å²) in [4.78, 5) is 0. The molecule has 15 aromatic rings. The van der Waals surface area contributed by atoms with Crippen LogP contribution in [0.5, 0.6) is 23.0 Å². The van der Waals surface area contributed by atoms with Gasteiger partial charge in [0.15, 0.2) is 0 Å². The molecule has 0 saturated heterocycles. The second-order valence-corrected chi connectivity index (χ2v) is 24.7. The summed E-state index contributed by atoms with van der Waals surface area (Å²) in [5, 5.41) is 21.7. The van der Waals surface area contributed by atoms with Crippen molar-refractivity contribution in [3.8, 4) is 67.5 Å². The lowest BCUT2D eigenvalue weighted by atomic mass is 9.65. The van der Waals surface area contributed by atoms with Gasteiger partial charge in [-0.15, -0.1) is 0 Å². The van der Waals surface area contributed by atoms with Crippen molar-refractivity contribution in [1.82, 2.24) is 0 Å². The van der Waals surface area contributed by atoms with Gasteiger partial charge in [-0.1, -0.05) is 250 Å². The van der Waals surface area contributed by atoms with Gasteiger partial charge in [0.25, 0.3) is 0 Å². The Balaban J connectivity index is 0.000000124. The minimum absolute atomic E-state index is 0.525. The third-order valence-corrected chi connectivity index (χ3v) is 19.4. The van der Waals surface area contributed by atoms with Crippen LogP contribution in [0.4, 0.5) is 0 Å². The Morgan fingerprint density at radius 1 is 0.315 bits per heavy atom. The van der Waals surface area contributed by atoms with Gasteiger partial charge in [0, 0.05) is 63.9 Å². The number of para-hydroxylation sites is 6. The van der Waals surface area contributed by atoms with Gasteiger partial charge in [0.1, 0.15) is 45.3 Å². The fourth-order valence-corrected chi connectivity index (χ4v) is 15.7. The van der Waals surface area contributed by atoms with Crippen LogP contribution in [0.1, 0.15) is 44.5 Å². The molecule has 6 nitrogen and oxygen atoms in total. The van der Waals surface area contributed by atoms with Crippen LogP contribution in [0.2, 0.25) is 0 Å². The normalized spacial score (nSPS) is 13.5. The first-order valence-corrected chi connectivity index (χ1v) is 31.2. The molecule has 89 heavy (non-hydrogen) atoms. The lowest BCUT2D eigenvalue weighted by molar-refractivity contribution is 0.425. The molecule has 0 saturated carbocycles. The molecule has 0 radical (unpaired) electrons. The molecular formula is C80H49BBr2O6. The molecule has 4 aliphatic rings. The van der Waals surface area contributed by atoms with Gasteiger partial charge >= 0.3 is 7.12 Å². The Morgan fingerprint density at radius 3 is 1.25 bits per heavy atom. The van der Waals surface area contributed by atoms with Crippen LogP contribution >= 0.6 is 31.9 Å². The summed E-state index contributed by atoms with van der Waals surface area (Å²) in [6.45, 7) is 0. The van der Waals surface area contributed by atoms with E-state index in [-0.39, 0.29) is 0 Å². The lowest BCUT2D eigenvalue weighted by Crippen LogP contribution is -2.32. The number of benzene rings is 13. The number of ether oxygens (including phenoxy) is 2. The molecule has 2 aromatic heterocycles. The smallest absolute Gasteiger partial charge is 0.457 e. The van der Waals surface area contributed by atoms with E-state index in [9.17, 15) is 0 Å². The van der Waals surface area contributed by atoms with Crippen molar-refractivity contribution < 1.29 is 28.4 Å². The maximum absolute atomic E-state index is 8.58. The van der Waals surface area contributed by atoms with E-state index in [0.717, 1.165) is 109 Å². The highest BCUT2D eigenvalue weighted by Crippen LogP contribution is 2.67. The summed E-state index contributed by atoms with van der Waals surface area (Å²) in [7, 11) is -1.34. The molecule has 0 amide bonds. The van der Waals surface area contributed by atoms with Gasteiger partial charge in [0.2, 0.25) is 0 Å². The highest BCUT2D eigenvalue weighted by molar-refractivity contribution is 9.11. The molecule has 2 aliphatic carbocycles. The minimum atomic E-state index is -1.34. The van der Waals surface area contributed by atoms with Crippen LogP contribution in [0.25, 0.3) is 88.4 Å². The van der Waals surface area contributed by atoms with Crippen molar-refractivity contribution in [3.05, 3.63) is 339 Å². The third-order valence-electron chi connectivity index (χ3n) is 18.3. The standard InChI is InChI=1S/C43H26O2.C31H16Br2O2.C6H7BO2/c1-3-13-27(14-4-1)29-23-24-30-35(25-29)43(33-18-8-11-21-38(33)44-39-22-12-9-19-34(39)43)36-26-32(28-15-5-2-6-16-28)40-31-17-7-10-20-37(31)45-42(40)41(30)36;32-17-13-14-18-22(15-17)31(20-8-2-5-11-26(20)34-27-12-6-3-9-21(27)31)23-16-24(33)29-19-7-1-4-10-25(19)35-30(29)28(18)23;8-7(9)6-4-2-1-3-5-6/h1-26H;1-16H;1-5,8-9H. The second kappa shape index (κ2) is 20.8. The molecule has 2 spiro atoms. The van der Waals surface area contributed by atoms with E-state index in [4.69, 9.17) is 28.4 Å². The van der Waals surface area contributed by atoms with E-state index >= 15 is 0 Å². The summed E-state index contributed by atoms with van der Waals surface area (Å²) < 4.78 is 28.7. The predicted molar refractivity (Wildman–Crippen MR) is 365 cm³/mol. The third kappa shape index (κ3) is 7.95. The summed E-state index contributed by atoms with van der Waals surface area (Å²) >= 11 is 7.71. The summed E-state index contributed by atoms with van der Waals surface area (Å²) in [5.41, 5.74) is 21.9. The molecule has 422 valence electrons. The molecule has 0 fully saturated rings. The average Bonchev–Trinajstić information content (AvgIpc) is 1.54. The van der Waals surface area contributed by atoms with Gasteiger partial charge in [-0.25, -0.2) is 0 Å². The molecule has 0 unspecified atom stereocenters. The largest absolute Gasteiger partial charge is 0.488 e. The van der Waals surface area contributed by atoms with Crippen LogP contribution in [0.15, 0.2) is 303 Å². The van der Waals surface area contributed by atoms with Crippen LogP contribution in [-0.4, -0.2) is 17.2 Å².